The fourth-order valence-electron chi connectivity index (χ4n) is 4.01. The summed E-state index contributed by atoms with van der Waals surface area (Å²) in [5.41, 5.74) is 2.75. The number of anilines is 1. The molecule has 0 spiro atoms. The van der Waals surface area contributed by atoms with Crippen molar-refractivity contribution in [3.05, 3.63) is 36.4 Å². The van der Waals surface area contributed by atoms with Crippen LogP contribution in [0, 0.1) is 6.92 Å². The molecule has 0 saturated carbocycles. The van der Waals surface area contributed by atoms with Gasteiger partial charge in [-0.1, -0.05) is 0 Å². The topological polar surface area (TPSA) is 81.3 Å². The molecule has 32 heavy (non-hydrogen) atoms. The van der Waals surface area contributed by atoms with Crippen LogP contribution in [0.5, 0.6) is 5.75 Å². The monoisotopic (exact) mass is 437 g/mol. The Balaban J connectivity index is 1.67. The Kier molecular flexibility index (Phi) is 6.16. The lowest BCUT2D eigenvalue weighted by molar-refractivity contribution is -0.128. The number of nitrogens with zero attached hydrogens (tertiary/aromatic N) is 7. The van der Waals surface area contributed by atoms with E-state index in [4.69, 9.17) is 14.8 Å². The molecule has 0 bridgehead atoms. The Morgan fingerprint density at radius 2 is 1.97 bits per heavy atom. The first-order chi connectivity index (χ1) is 15.4. The number of methoxy groups -OCH3 is 1. The third-order valence-electron chi connectivity index (χ3n) is 5.75. The second kappa shape index (κ2) is 9.02. The predicted molar refractivity (Wildman–Crippen MR) is 123 cm³/mol. The molecular formula is C23H31N7O2. The van der Waals surface area contributed by atoms with Gasteiger partial charge in [0.2, 0.25) is 11.9 Å². The first-order valence-corrected chi connectivity index (χ1v) is 11.0. The largest absolute Gasteiger partial charge is 0.495 e. The highest BCUT2D eigenvalue weighted by molar-refractivity contribution is 5.73. The molecule has 4 rings (SSSR count). The van der Waals surface area contributed by atoms with E-state index in [9.17, 15) is 4.79 Å². The van der Waals surface area contributed by atoms with Gasteiger partial charge in [-0.05, 0) is 45.4 Å². The number of amides is 1. The van der Waals surface area contributed by atoms with Crippen LogP contribution >= 0.6 is 0 Å². The lowest BCUT2D eigenvalue weighted by Crippen LogP contribution is -2.34. The molecular weight excluding hydrogens is 406 g/mol. The van der Waals surface area contributed by atoms with Gasteiger partial charge in [-0.3, -0.25) is 4.79 Å². The number of aromatic nitrogens is 5. The van der Waals surface area contributed by atoms with Crippen molar-refractivity contribution in [1.29, 1.82) is 0 Å². The van der Waals surface area contributed by atoms with Crippen molar-refractivity contribution < 1.29 is 9.53 Å². The number of carbonyl (C=O) groups excluding carboxylic acids is 1. The highest BCUT2D eigenvalue weighted by Crippen LogP contribution is 2.30. The molecule has 2 aromatic heterocycles. The number of hydrogen-bond donors (Lipinski definition) is 0. The highest BCUT2D eigenvalue weighted by atomic mass is 16.5. The molecule has 3 heterocycles. The molecule has 1 amide bonds. The maximum Gasteiger partial charge on any atom is 0.224 e. The van der Waals surface area contributed by atoms with Gasteiger partial charge in [-0.15, -0.1) is 5.10 Å². The van der Waals surface area contributed by atoms with Gasteiger partial charge in [0.25, 0.3) is 0 Å². The van der Waals surface area contributed by atoms with Gasteiger partial charge >= 0.3 is 0 Å². The lowest BCUT2D eigenvalue weighted by atomic mass is 10.1. The molecule has 9 nitrogen and oxygen atoms in total. The van der Waals surface area contributed by atoms with Crippen molar-refractivity contribution in [1.82, 2.24) is 29.2 Å². The van der Waals surface area contributed by atoms with Crippen molar-refractivity contribution in [2.75, 3.05) is 38.2 Å². The van der Waals surface area contributed by atoms with Crippen molar-refractivity contribution >= 4 is 11.9 Å². The second-order valence-corrected chi connectivity index (χ2v) is 8.43. The zero-order valence-electron chi connectivity index (χ0n) is 19.4. The fourth-order valence-corrected chi connectivity index (χ4v) is 4.01. The normalized spacial score (nSPS) is 14.7. The molecule has 0 atom stereocenters. The molecule has 0 N–H and O–H groups in total. The van der Waals surface area contributed by atoms with Crippen LogP contribution in [-0.2, 0) is 4.79 Å². The molecule has 9 heteroatoms. The minimum atomic E-state index is 0.123. The van der Waals surface area contributed by atoms with Crippen LogP contribution in [0.3, 0.4) is 0 Å². The van der Waals surface area contributed by atoms with E-state index < -0.39 is 0 Å². The summed E-state index contributed by atoms with van der Waals surface area (Å²) >= 11 is 0. The van der Waals surface area contributed by atoms with Gasteiger partial charge in [0.05, 0.1) is 30.9 Å². The maximum atomic E-state index is 11.8. The van der Waals surface area contributed by atoms with E-state index in [1.807, 2.05) is 45.5 Å². The van der Waals surface area contributed by atoms with E-state index >= 15 is 0 Å². The number of carbonyl (C=O) groups is 1. The van der Waals surface area contributed by atoms with Gasteiger partial charge in [0.15, 0.2) is 5.82 Å². The number of benzene rings is 1. The van der Waals surface area contributed by atoms with E-state index in [-0.39, 0.29) is 11.9 Å². The zero-order valence-corrected chi connectivity index (χ0v) is 19.4. The quantitative estimate of drug-likeness (QED) is 0.610. The first kappa shape index (κ1) is 21.9. The molecule has 0 unspecified atom stereocenters. The Morgan fingerprint density at radius 3 is 2.62 bits per heavy atom. The molecule has 1 aromatic carbocycles. The minimum Gasteiger partial charge on any atom is -0.495 e. The maximum absolute atomic E-state index is 11.8. The Morgan fingerprint density at radius 1 is 1.16 bits per heavy atom. The van der Waals surface area contributed by atoms with E-state index in [0.29, 0.717) is 12.4 Å². The molecule has 3 aromatic rings. The van der Waals surface area contributed by atoms with Crippen LogP contribution < -0.4 is 9.64 Å². The molecule has 1 aliphatic heterocycles. The van der Waals surface area contributed by atoms with Crippen molar-refractivity contribution in [3.63, 3.8) is 0 Å². The van der Waals surface area contributed by atoms with Crippen LogP contribution in [0.15, 0.2) is 30.7 Å². The molecule has 1 aliphatic rings. The summed E-state index contributed by atoms with van der Waals surface area (Å²) in [6.45, 7) is 10.9. The molecule has 1 fully saturated rings. The van der Waals surface area contributed by atoms with Crippen LogP contribution in [0.4, 0.5) is 5.95 Å². The highest BCUT2D eigenvalue weighted by Gasteiger charge is 2.23. The van der Waals surface area contributed by atoms with E-state index in [2.05, 4.69) is 23.7 Å². The third kappa shape index (κ3) is 4.32. The van der Waals surface area contributed by atoms with Crippen LogP contribution in [0.25, 0.3) is 17.1 Å². The number of aryl methyl sites for hydroxylation is 1. The summed E-state index contributed by atoms with van der Waals surface area (Å²) < 4.78 is 9.58. The van der Waals surface area contributed by atoms with Gasteiger partial charge in [0, 0.05) is 44.9 Å². The van der Waals surface area contributed by atoms with Crippen molar-refractivity contribution in [3.8, 4) is 22.8 Å². The molecule has 170 valence electrons. The number of imidazole rings is 1. The fraction of sp³-hybridized carbons (Fsp3) is 0.478. The average Bonchev–Trinajstić information content (AvgIpc) is 3.33. The van der Waals surface area contributed by atoms with Gasteiger partial charge in [0.1, 0.15) is 5.75 Å². The van der Waals surface area contributed by atoms with Crippen molar-refractivity contribution in [2.45, 2.75) is 40.2 Å². The van der Waals surface area contributed by atoms with E-state index in [1.165, 1.54) is 0 Å². The van der Waals surface area contributed by atoms with Crippen molar-refractivity contribution in [2.24, 2.45) is 0 Å². The minimum absolute atomic E-state index is 0.123. The molecule has 1 saturated heterocycles. The SMILES string of the molecule is COc1cc(-c2nc(N3CCCN(C(C)=O)CC3)n(C(C)C)n2)ccc1-n1cnc(C)c1. The molecule has 0 radical (unpaired) electrons. The van der Waals surface area contributed by atoms with Gasteiger partial charge < -0.3 is 19.1 Å². The number of rotatable bonds is 5. The standard InChI is InChI=1S/C23H31N7O2/c1-16(2)30-23(28-10-6-9-27(11-12-28)18(4)31)25-22(26-30)19-7-8-20(21(13-19)32-5)29-14-17(3)24-15-29/h7-8,13-16H,6,9-12H2,1-5H3. The molecule has 0 aliphatic carbocycles. The average molecular weight is 438 g/mol. The van der Waals surface area contributed by atoms with Crippen LogP contribution in [-0.4, -0.2) is 68.4 Å². The summed E-state index contributed by atoms with van der Waals surface area (Å²) in [6, 6.07) is 6.14. The summed E-state index contributed by atoms with van der Waals surface area (Å²) in [5, 5.41) is 4.83. The Hall–Kier alpha value is -3.36. The summed E-state index contributed by atoms with van der Waals surface area (Å²) in [4.78, 5) is 25.2. The summed E-state index contributed by atoms with van der Waals surface area (Å²) in [6.07, 6.45) is 4.65. The smallest absolute Gasteiger partial charge is 0.224 e. The second-order valence-electron chi connectivity index (χ2n) is 8.43. The lowest BCUT2D eigenvalue weighted by Gasteiger charge is -2.23. The van der Waals surface area contributed by atoms with Gasteiger partial charge in [-0.2, -0.15) is 4.98 Å². The first-order valence-electron chi connectivity index (χ1n) is 11.0. The zero-order chi connectivity index (χ0) is 22.8. The third-order valence-corrected chi connectivity index (χ3v) is 5.75. The number of hydrogen-bond acceptors (Lipinski definition) is 6. The summed E-state index contributed by atoms with van der Waals surface area (Å²) in [5.74, 6) is 2.36. The predicted octanol–water partition coefficient (Wildman–Crippen LogP) is 3.09. The Labute approximate surface area is 188 Å². The van der Waals surface area contributed by atoms with Gasteiger partial charge in [-0.25, -0.2) is 9.67 Å². The Bertz CT molecular complexity index is 1100. The van der Waals surface area contributed by atoms with E-state index in [1.54, 1.807) is 20.4 Å². The van der Waals surface area contributed by atoms with Crippen LogP contribution in [0.2, 0.25) is 0 Å². The number of ether oxygens (including phenoxy) is 1. The van der Waals surface area contributed by atoms with Crippen LogP contribution in [0.1, 0.15) is 38.9 Å². The van der Waals surface area contributed by atoms with E-state index in [0.717, 1.165) is 54.7 Å². The summed E-state index contributed by atoms with van der Waals surface area (Å²) in [7, 11) is 1.66.